The van der Waals surface area contributed by atoms with Gasteiger partial charge < -0.3 is 0 Å². The normalized spacial score (nSPS) is 12.7. The molecule has 0 unspecified atom stereocenters. The van der Waals surface area contributed by atoms with Gasteiger partial charge in [-0.1, -0.05) is 42.5 Å². The molecule has 3 aromatic carbocycles. The quantitative estimate of drug-likeness (QED) is 0.289. The molecule has 182 valence electrons. The minimum atomic E-state index is -4.87. The first kappa shape index (κ1) is 24.5. The number of aromatic nitrogens is 2. The first-order chi connectivity index (χ1) is 16.2. The van der Waals surface area contributed by atoms with Crippen LogP contribution in [0.3, 0.4) is 0 Å². The monoisotopic (exact) mass is 510 g/mol. The highest BCUT2D eigenvalue weighted by atomic mass is 32.2. The van der Waals surface area contributed by atoms with E-state index in [1.807, 2.05) is 0 Å². The predicted molar refractivity (Wildman–Crippen MR) is 118 cm³/mol. The second-order valence-electron chi connectivity index (χ2n) is 7.71. The average molecular weight is 510 g/mol. The smallest absolute Gasteiger partial charge is 0.232 e. The first-order valence-corrected chi connectivity index (χ1v) is 11.9. The van der Waals surface area contributed by atoms with Crippen molar-refractivity contribution >= 4 is 9.84 Å². The molecule has 0 amide bonds. The van der Waals surface area contributed by atoms with Crippen LogP contribution in [0, 0.1) is 0 Å². The molecule has 4 aromatic rings. The van der Waals surface area contributed by atoms with Crippen molar-refractivity contribution in [2.24, 2.45) is 0 Å². The van der Waals surface area contributed by atoms with Crippen molar-refractivity contribution in [3.8, 4) is 28.1 Å². The van der Waals surface area contributed by atoms with Crippen molar-refractivity contribution in [1.29, 1.82) is 0 Å². The van der Waals surface area contributed by atoms with Crippen LogP contribution in [0.2, 0.25) is 0 Å². The molecular formula is C24H16F6N2O2S. The fraction of sp³-hybridized carbons (Fsp3) is 0.125. The van der Waals surface area contributed by atoms with Crippen LogP contribution in [0.15, 0.2) is 83.8 Å². The van der Waals surface area contributed by atoms with E-state index < -0.39 is 39.0 Å². The molecule has 0 spiro atoms. The molecule has 4 rings (SSSR count). The molecule has 0 aliphatic rings. The van der Waals surface area contributed by atoms with Crippen LogP contribution in [-0.2, 0) is 22.2 Å². The molecule has 0 aliphatic carbocycles. The zero-order valence-corrected chi connectivity index (χ0v) is 18.7. The predicted octanol–water partition coefficient (Wildman–Crippen LogP) is 6.65. The lowest BCUT2D eigenvalue weighted by Gasteiger charge is -2.14. The largest absolute Gasteiger partial charge is 0.435 e. The summed E-state index contributed by atoms with van der Waals surface area (Å²) >= 11 is 0. The summed E-state index contributed by atoms with van der Waals surface area (Å²) in [5, 5.41) is 3.55. The van der Waals surface area contributed by atoms with E-state index in [-0.39, 0.29) is 16.3 Å². The van der Waals surface area contributed by atoms with Gasteiger partial charge in [0.1, 0.15) is 0 Å². The molecule has 0 N–H and O–H groups in total. The van der Waals surface area contributed by atoms with E-state index in [9.17, 15) is 34.8 Å². The van der Waals surface area contributed by atoms with Crippen LogP contribution in [0.25, 0.3) is 28.1 Å². The number of hydrogen-bond donors (Lipinski definition) is 0. The summed E-state index contributed by atoms with van der Waals surface area (Å²) in [6.07, 6.45) is -8.58. The standard InChI is InChI=1S/C24H16F6N2O2S/c1-35(33,34)18-12-8-16(9-13-18)15-6-10-17(11-7-15)32-21(14-22(31-32)24(28,29)30)19-4-2-3-5-20(19)23(25,26)27/h2-14H,1H3. The molecule has 4 nitrogen and oxygen atoms in total. The van der Waals surface area contributed by atoms with E-state index in [4.69, 9.17) is 0 Å². The topological polar surface area (TPSA) is 52.0 Å². The van der Waals surface area contributed by atoms with Gasteiger partial charge in [0, 0.05) is 11.8 Å². The van der Waals surface area contributed by atoms with Crippen LogP contribution in [0.4, 0.5) is 26.3 Å². The molecule has 35 heavy (non-hydrogen) atoms. The number of nitrogens with zero attached hydrogens (tertiary/aromatic N) is 2. The third-order valence-electron chi connectivity index (χ3n) is 5.24. The average Bonchev–Trinajstić information content (AvgIpc) is 3.24. The van der Waals surface area contributed by atoms with Crippen molar-refractivity contribution < 1.29 is 34.8 Å². The van der Waals surface area contributed by atoms with Crippen LogP contribution >= 0.6 is 0 Å². The summed E-state index contributed by atoms with van der Waals surface area (Å²) in [5.74, 6) is 0. The van der Waals surface area contributed by atoms with Crippen LogP contribution in [-0.4, -0.2) is 24.5 Å². The van der Waals surface area contributed by atoms with Gasteiger partial charge in [-0.3, -0.25) is 0 Å². The molecule has 0 saturated heterocycles. The lowest BCUT2D eigenvalue weighted by Crippen LogP contribution is -2.09. The minimum absolute atomic E-state index is 0.115. The second-order valence-corrected chi connectivity index (χ2v) is 9.73. The van der Waals surface area contributed by atoms with Crippen molar-refractivity contribution in [2.75, 3.05) is 6.26 Å². The van der Waals surface area contributed by atoms with Crippen LogP contribution in [0.5, 0.6) is 0 Å². The van der Waals surface area contributed by atoms with Crippen molar-refractivity contribution in [1.82, 2.24) is 9.78 Å². The Morgan fingerprint density at radius 3 is 1.80 bits per heavy atom. The Bertz CT molecular complexity index is 1470. The van der Waals surface area contributed by atoms with E-state index in [1.165, 1.54) is 30.3 Å². The van der Waals surface area contributed by atoms with E-state index in [0.717, 1.165) is 29.1 Å². The fourth-order valence-electron chi connectivity index (χ4n) is 3.55. The van der Waals surface area contributed by atoms with E-state index in [2.05, 4.69) is 5.10 Å². The summed E-state index contributed by atoms with van der Waals surface area (Å²) in [6, 6.07) is 16.9. The van der Waals surface area contributed by atoms with Crippen LogP contribution < -0.4 is 0 Å². The van der Waals surface area contributed by atoms with Gasteiger partial charge in [-0.25, -0.2) is 13.1 Å². The molecule has 0 fully saturated rings. The van der Waals surface area contributed by atoms with Gasteiger partial charge in [-0.2, -0.15) is 31.4 Å². The number of alkyl halides is 6. The van der Waals surface area contributed by atoms with Gasteiger partial charge in [-0.15, -0.1) is 0 Å². The fourth-order valence-corrected chi connectivity index (χ4v) is 4.18. The van der Waals surface area contributed by atoms with Gasteiger partial charge in [-0.05, 0) is 47.5 Å². The summed E-state index contributed by atoms with van der Waals surface area (Å²) in [7, 11) is -3.38. The lowest BCUT2D eigenvalue weighted by atomic mass is 10.0. The molecule has 1 heterocycles. The number of benzene rings is 3. The Morgan fingerprint density at radius 2 is 1.29 bits per heavy atom. The molecule has 0 saturated carbocycles. The SMILES string of the molecule is CS(=O)(=O)c1ccc(-c2ccc(-n3nc(C(F)(F)F)cc3-c3ccccc3C(F)(F)F)cc2)cc1. The summed E-state index contributed by atoms with van der Waals surface area (Å²) in [4.78, 5) is 0.127. The highest BCUT2D eigenvalue weighted by molar-refractivity contribution is 7.90. The molecule has 0 atom stereocenters. The second kappa shape index (κ2) is 8.56. The highest BCUT2D eigenvalue weighted by Crippen LogP contribution is 2.40. The summed E-state index contributed by atoms with van der Waals surface area (Å²) in [6.45, 7) is 0. The van der Waals surface area contributed by atoms with Crippen LogP contribution in [0.1, 0.15) is 11.3 Å². The van der Waals surface area contributed by atoms with E-state index >= 15 is 0 Å². The molecule has 0 aliphatic heterocycles. The number of hydrogen-bond acceptors (Lipinski definition) is 3. The Balaban J connectivity index is 1.80. The zero-order valence-electron chi connectivity index (χ0n) is 17.9. The summed E-state index contributed by atoms with van der Waals surface area (Å²) < 4.78 is 105. The van der Waals surface area contributed by atoms with E-state index in [0.29, 0.717) is 17.2 Å². The maximum absolute atomic E-state index is 13.6. The van der Waals surface area contributed by atoms with Crippen molar-refractivity contribution in [2.45, 2.75) is 17.2 Å². The Morgan fingerprint density at radius 1 is 0.743 bits per heavy atom. The van der Waals surface area contributed by atoms with Gasteiger partial charge in [0.05, 0.1) is 21.8 Å². The molecular weight excluding hydrogens is 494 g/mol. The third-order valence-corrected chi connectivity index (χ3v) is 6.36. The Kier molecular flexibility index (Phi) is 6.00. The molecule has 0 radical (unpaired) electrons. The number of rotatable bonds is 4. The van der Waals surface area contributed by atoms with Gasteiger partial charge in [0.2, 0.25) is 0 Å². The van der Waals surface area contributed by atoms with Gasteiger partial charge in [0.15, 0.2) is 15.5 Å². The Hall–Kier alpha value is -3.60. The van der Waals surface area contributed by atoms with E-state index in [1.54, 1.807) is 24.3 Å². The minimum Gasteiger partial charge on any atom is -0.232 e. The maximum atomic E-state index is 13.6. The number of halogens is 6. The van der Waals surface area contributed by atoms with Gasteiger partial charge >= 0.3 is 12.4 Å². The van der Waals surface area contributed by atoms with Crippen molar-refractivity contribution in [3.63, 3.8) is 0 Å². The lowest BCUT2D eigenvalue weighted by molar-refractivity contribution is -0.141. The third kappa shape index (κ3) is 5.09. The Labute approximate surface area is 196 Å². The number of sulfone groups is 1. The molecule has 1 aromatic heterocycles. The first-order valence-electron chi connectivity index (χ1n) is 10.00. The highest BCUT2D eigenvalue weighted by Gasteiger charge is 2.38. The zero-order chi connectivity index (χ0) is 25.6. The summed E-state index contributed by atoms with van der Waals surface area (Å²) in [5.41, 5.74) is -1.84. The molecule has 0 bridgehead atoms. The van der Waals surface area contributed by atoms with Gasteiger partial charge in [0.25, 0.3) is 0 Å². The molecule has 11 heteroatoms. The van der Waals surface area contributed by atoms with Crippen molar-refractivity contribution in [3.05, 3.63) is 90.1 Å². The maximum Gasteiger partial charge on any atom is 0.435 e.